The Morgan fingerprint density at radius 2 is 1.95 bits per heavy atom. The van der Waals surface area contributed by atoms with Crippen LogP contribution in [0.15, 0.2) is 48.5 Å². The number of aromatic nitrogens is 2. The van der Waals surface area contributed by atoms with E-state index in [0.29, 0.717) is 5.69 Å². The van der Waals surface area contributed by atoms with Gasteiger partial charge in [-0.1, -0.05) is 30.3 Å². The first-order chi connectivity index (χ1) is 9.70. The molecule has 0 unspecified atom stereocenters. The second-order valence-corrected chi connectivity index (χ2v) is 4.61. The number of ether oxygens (including phenoxy) is 1. The van der Waals surface area contributed by atoms with Gasteiger partial charge in [-0.15, -0.1) is 0 Å². The van der Waals surface area contributed by atoms with Crippen molar-refractivity contribution in [3.05, 3.63) is 59.8 Å². The predicted octanol–water partition coefficient (Wildman–Crippen LogP) is 3.12. The van der Waals surface area contributed by atoms with E-state index in [2.05, 4.69) is 5.10 Å². The quantitative estimate of drug-likeness (QED) is 0.669. The molecule has 0 saturated carbocycles. The number of carbonyl (C=O) groups is 1. The molecule has 0 aliphatic carbocycles. The van der Waals surface area contributed by atoms with Gasteiger partial charge in [0.1, 0.15) is 0 Å². The number of aryl methyl sites for hydroxylation is 1. The maximum absolute atomic E-state index is 11.8. The number of hydrogen-bond acceptors (Lipinski definition) is 3. The van der Waals surface area contributed by atoms with Crippen LogP contribution in [0.1, 0.15) is 16.1 Å². The Morgan fingerprint density at radius 1 is 1.15 bits per heavy atom. The summed E-state index contributed by atoms with van der Waals surface area (Å²) in [6.07, 6.45) is 0. The van der Waals surface area contributed by atoms with Crippen molar-refractivity contribution in [1.82, 2.24) is 9.78 Å². The first-order valence-corrected chi connectivity index (χ1v) is 6.34. The van der Waals surface area contributed by atoms with Crippen molar-refractivity contribution < 1.29 is 9.53 Å². The van der Waals surface area contributed by atoms with E-state index in [-0.39, 0.29) is 0 Å². The van der Waals surface area contributed by atoms with Gasteiger partial charge in [0.25, 0.3) is 0 Å². The molecule has 20 heavy (non-hydrogen) atoms. The Hall–Kier alpha value is -2.62. The van der Waals surface area contributed by atoms with Crippen LogP contribution >= 0.6 is 0 Å². The highest BCUT2D eigenvalue weighted by molar-refractivity contribution is 6.02. The fraction of sp³-hybridized carbons (Fsp3) is 0.125. The average Bonchev–Trinajstić information content (AvgIpc) is 2.86. The van der Waals surface area contributed by atoms with E-state index < -0.39 is 5.97 Å². The van der Waals surface area contributed by atoms with Gasteiger partial charge in [-0.3, -0.25) is 0 Å². The second kappa shape index (κ2) is 4.81. The standard InChI is InChI=1S/C16H14N2O2/c1-11-6-5-7-12(10-11)18-14-9-4-3-8-13(14)15(17-18)16(19)20-2/h3-10H,1-2H3. The number of benzene rings is 2. The van der Waals surface area contributed by atoms with Gasteiger partial charge >= 0.3 is 5.97 Å². The SMILES string of the molecule is COC(=O)c1nn(-c2cccc(C)c2)c2ccccc12. The molecule has 3 rings (SSSR count). The Labute approximate surface area is 116 Å². The van der Waals surface area contributed by atoms with E-state index in [9.17, 15) is 4.79 Å². The molecule has 0 aliphatic heterocycles. The molecule has 0 spiro atoms. The van der Waals surface area contributed by atoms with Crippen LogP contribution in [0.25, 0.3) is 16.6 Å². The molecule has 100 valence electrons. The van der Waals surface area contributed by atoms with E-state index in [4.69, 9.17) is 4.74 Å². The van der Waals surface area contributed by atoms with Crippen LogP contribution in [0.4, 0.5) is 0 Å². The van der Waals surface area contributed by atoms with E-state index in [1.807, 2.05) is 55.5 Å². The maximum atomic E-state index is 11.8. The molecule has 1 aromatic heterocycles. The molecule has 0 aliphatic rings. The third-order valence-corrected chi connectivity index (χ3v) is 3.21. The minimum absolute atomic E-state index is 0.338. The predicted molar refractivity (Wildman–Crippen MR) is 77.1 cm³/mol. The minimum Gasteiger partial charge on any atom is -0.464 e. The van der Waals surface area contributed by atoms with Gasteiger partial charge in [-0.05, 0) is 30.7 Å². The number of para-hydroxylation sites is 1. The van der Waals surface area contributed by atoms with Crippen LogP contribution in [0.2, 0.25) is 0 Å². The molecule has 0 atom stereocenters. The van der Waals surface area contributed by atoms with Gasteiger partial charge in [-0.25, -0.2) is 9.48 Å². The largest absolute Gasteiger partial charge is 0.464 e. The molecule has 0 amide bonds. The van der Waals surface area contributed by atoms with Crippen molar-refractivity contribution in [2.75, 3.05) is 7.11 Å². The van der Waals surface area contributed by atoms with Gasteiger partial charge < -0.3 is 4.74 Å². The van der Waals surface area contributed by atoms with Crippen LogP contribution in [0, 0.1) is 6.92 Å². The molecular formula is C16H14N2O2. The third-order valence-electron chi connectivity index (χ3n) is 3.21. The highest BCUT2D eigenvalue weighted by atomic mass is 16.5. The molecule has 0 fully saturated rings. The molecule has 0 saturated heterocycles. The summed E-state index contributed by atoms with van der Waals surface area (Å²) in [5, 5.41) is 5.21. The van der Waals surface area contributed by atoms with Crippen molar-refractivity contribution in [1.29, 1.82) is 0 Å². The summed E-state index contributed by atoms with van der Waals surface area (Å²) in [5.74, 6) is -0.424. The summed E-state index contributed by atoms with van der Waals surface area (Å²) in [6, 6.07) is 15.6. The topological polar surface area (TPSA) is 44.1 Å². The Kier molecular flexibility index (Phi) is 2.99. The van der Waals surface area contributed by atoms with Gasteiger partial charge in [0.05, 0.1) is 18.3 Å². The Morgan fingerprint density at radius 3 is 2.70 bits per heavy atom. The molecule has 4 heteroatoms. The van der Waals surface area contributed by atoms with E-state index in [1.165, 1.54) is 7.11 Å². The molecule has 3 aromatic rings. The fourth-order valence-electron chi connectivity index (χ4n) is 2.27. The van der Waals surface area contributed by atoms with Gasteiger partial charge in [0.15, 0.2) is 5.69 Å². The average molecular weight is 266 g/mol. The lowest BCUT2D eigenvalue weighted by Gasteiger charge is -2.04. The lowest BCUT2D eigenvalue weighted by molar-refractivity contribution is 0.0595. The molecular weight excluding hydrogens is 252 g/mol. The normalized spacial score (nSPS) is 10.7. The van der Waals surface area contributed by atoms with Crippen LogP contribution in [-0.2, 0) is 4.74 Å². The number of rotatable bonds is 2. The highest BCUT2D eigenvalue weighted by Crippen LogP contribution is 2.23. The highest BCUT2D eigenvalue weighted by Gasteiger charge is 2.17. The first kappa shape index (κ1) is 12.4. The summed E-state index contributed by atoms with van der Waals surface area (Å²) in [6.45, 7) is 2.02. The molecule has 0 bridgehead atoms. The van der Waals surface area contributed by atoms with Crippen LogP contribution in [0.5, 0.6) is 0 Å². The summed E-state index contributed by atoms with van der Waals surface area (Å²) in [5.41, 5.74) is 3.29. The number of nitrogens with zero attached hydrogens (tertiary/aromatic N) is 2. The number of hydrogen-bond donors (Lipinski definition) is 0. The monoisotopic (exact) mass is 266 g/mol. The van der Waals surface area contributed by atoms with Crippen LogP contribution in [0.3, 0.4) is 0 Å². The number of esters is 1. The fourth-order valence-corrected chi connectivity index (χ4v) is 2.27. The summed E-state index contributed by atoms with van der Waals surface area (Å²) >= 11 is 0. The zero-order valence-corrected chi connectivity index (χ0v) is 11.3. The lowest BCUT2D eigenvalue weighted by atomic mass is 10.2. The van der Waals surface area contributed by atoms with Crippen molar-refractivity contribution in [3.8, 4) is 5.69 Å². The molecule has 2 aromatic carbocycles. The minimum atomic E-state index is -0.424. The van der Waals surface area contributed by atoms with Crippen LogP contribution in [-0.4, -0.2) is 22.9 Å². The van der Waals surface area contributed by atoms with Crippen molar-refractivity contribution in [2.45, 2.75) is 6.92 Å². The maximum Gasteiger partial charge on any atom is 0.359 e. The third kappa shape index (κ3) is 1.95. The zero-order valence-electron chi connectivity index (χ0n) is 11.3. The van der Waals surface area contributed by atoms with E-state index in [0.717, 1.165) is 22.2 Å². The Bertz CT molecular complexity index is 790. The van der Waals surface area contributed by atoms with E-state index in [1.54, 1.807) is 4.68 Å². The molecule has 0 N–H and O–H groups in total. The molecule has 4 nitrogen and oxygen atoms in total. The van der Waals surface area contributed by atoms with Gasteiger partial charge in [-0.2, -0.15) is 5.10 Å². The number of fused-ring (bicyclic) bond motifs is 1. The summed E-state index contributed by atoms with van der Waals surface area (Å²) in [7, 11) is 1.36. The van der Waals surface area contributed by atoms with Gasteiger partial charge in [0, 0.05) is 5.39 Å². The number of carbonyl (C=O) groups excluding carboxylic acids is 1. The van der Waals surface area contributed by atoms with Crippen LogP contribution < -0.4 is 0 Å². The molecule has 0 radical (unpaired) electrons. The number of methoxy groups -OCH3 is 1. The van der Waals surface area contributed by atoms with Gasteiger partial charge in [0.2, 0.25) is 0 Å². The second-order valence-electron chi connectivity index (χ2n) is 4.61. The summed E-state index contributed by atoms with van der Waals surface area (Å²) in [4.78, 5) is 11.8. The van der Waals surface area contributed by atoms with E-state index >= 15 is 0 Å². The first-order valence-electron chi connectivity index (χ1n) is 6.34. The lowest BCUT2D eigenvalue weighted by Crippen LogP contribution is -2.04. The Balaban J connectivity index is 2.29. The molecule has 1 heterocycles. The zero-order chi connectivity index (χ0) is 14.1. The van der Waals surface area contributed by atoms with Crippen molar-refractivity contribution >= 4 is 16.9 Å². The summed E-state index contributed by atoms with van der Waals surface area (Å²) < 4.78 is 6.57. The smallest absolute Gasteiger partial charge is 0.359 e. The van der Waals surface area contributed by atoms with Crippen molar-refractivity contribution in [2.24, 2.45) is 0 Å². The van der Waals surface area contributed by atoms with Crippen molar-refractivity contribution in [3.63, 3.8) is 0 Å².